The first kappa shape index (κ1) is 23.5. The highest BCUT2D eigenvalue weighted by Gasteiger charge is 2.37. The van der Waals surface area contributed by atoms with Crippen molar-refractivity contribution in [2.24, 2.45) is 11.5 Å². The van der Waals surface area contributed by atoms with Crippen LogP contribution >= 0.6 is 0 Å². The van der Waals surface area contributed by atoms with Gasteiger partial charge < -0.3 is 42.9 Å². The molecule has 0 amide bonds. The molecule has 0 radical (unpaired) electrons. The van der Waals surface area contributed by atoms with Gasteiger partial charge in [-0.2, -0.15) is 0 Å². The zero-order valence-electron chi connectivity index (χ0n) is 17.8. The van der Waals surface area contributed by atoms with Crippen molar-refractivity contribution in [2.75, 3.05) is 63.0 Å². The van der Waals surface area contributed by atoms with Crippen LogP contribution in [0, 0.1) is 0 Å². The van der Waals surface area contributed by atoms with Crippen molar-refractivity contribution in [1.29, 1.82) is 0 Å². The average Bonchev–Trinajstić information content (AvgIpc) is 2.78. The molecule has 0 fully saturated rings. The van der Waals surface area contributed by atoms with Crippen LogP contribution < -0.4 is 32.7 Å². The van der Waals surface area contributed by atoms with E-state index in [0.717, 1.165) is 0 Å². The summed E-state index contributed by atoms with van der Waals surface area (Å²) in [6, 6.07) is 5.87. The van der Waals surface area contributed by atoms with Gasteiger partial charge >= 0.3 is 0 Å². The quantitative estimate of drug-likeness (QED) is 0.147. The summed E-state index contributed by atoms with van der Waals surface area (Å²) in [4.78, 5) is 26.8. The second-order valence-electron chi connectivity index (χ2n) is 7.35. The van der Waals surface area contributed by atoms with Crippen LogP contribution in [0.2, 0.25) is 0 Å². The standard InChI is InChI=1S/C22H30N6O4.10H2/c23-5-7-25-9-11-27-13-1-2-14(28-12-10-26-8-6-24)18-17(13)21(31)19-15(29)3-4-16(30)20(19)22(18)32;;;;;;;;;;/h1-4,25-30H,5-12,23-24H2;10*1H. The van der Waals surface area contributed by atoms with Crippen LogP contribution in [0.25, 0.3) is 0 Å². The lowest BCUT2D eigenvalue weighted by molar-refractivity contribution is 0.0975. The number of rotatable bonds is 12. The largest absolute Gasteiger partial charge is 0.507 e. The van der Waals surface area contributed by atoms with Crippen molar-refractivity contribution in [3.8, 4) is 11.5 Å². The van der Waals surface area contributed by atoms with Gasteiger partial charge in [0.25, 0.3) is 0 Å². The zero-order valence-corrected chi connectivity index (χ0v) is 17.8. The number of fused-ring (bicyclic) bond motifs is 2. The van der Waals surface area contributed by atoms with Crippen molar-refractivity contribution in [3.05, 3.63) is 46.5 Å². The fourth-order valence-corrected chi connectivity index (χ4v) is 3.68. The van der Waals surface area contributed by atoms with Gasteiger partial charge in [0, 0.05) is 78.0 Å². The first-order valence-electron chi connectivity index (χ1n) is 10.6. The predicted octanol–water partition coefficient (Wildman–Crippen LogP) is 2.25. The number of aromatic hydroxyl groups is 2. The van der Waals surface area contributed by atoms with E-state index in [1.165, 1.54) is 12.1 Å². The summed E-state index contributed by atoms with van der Waals surface area (Å²) in [6.45, 7) is 4.60. The topological polar surface area (TPSA) is 175 Å². The minimum absolute atomic E-state index is 0. The monoisotopic (exact) mass is 462 g/mol. The minimum atomic E-state index is -0.523. The third-order valence-electron chi connectivity index (χ3n) is 5.15. The van der Waals surface area contributed by atoms with E-state index in [1.807, 2.05) is 0 Å². The van der Waals surface area contributed by atoms with E-state index < -0.39 is 11.6 Å². The summed E-state index contributed by atoms with van der Waals surface area (Å²) >= 11 is 0. The van der Waals surface area contributed by atoms with Gasteiger partial charge in [0.15, 0.2) is 0 Å². The highest BCUT2D eigenvalue weighted by Crippen LogP contribution is 2.42. The number of nitrogens with two attached hydrogens (primary N) is 2. The van der Waals surface area contributed by atoms with E-state index in [1.54, 1.807) is 12.1 Å². The van der Waals surface area contributed by atoms with E-state index >= 15 is 0 Å². The van der Waals surface area contributed by atoms with Crippen molar-refractivity contribution >= 4 is 22.9 Å². The Kier molecular flexibility index (Phi) is 8.01. The van der Waals surface area contributed by atoms with E-state index in [-0.39, 0.29) is 48.0 Å². The Hall–Kier alpha value is -3.18. The highest BCUT2D eigenvalue weighted by atomic mass is 16.3. The van der Waals surface area contributed by atoms with Gasteiger partial charge in [-0.25, -0.2) is 0 Å². The molecule has 3 rings (SSSR count). The Balaban J connectivity index is -0.000000193. The molecule has 0 saturated carbocycles. The summed E-state index contributed by atoms with van der Waals surface area (Å²) in [5, 5.41) is 33.3. The Morgan fingerprint density at radius 3 is 1.41 bits per heavy atom. The lowest BCUT2D eigenvalue weighted by Crippen LogP contribution is -2.30. The minimum Gasteiger partial charge on any atom is -0.507 e. The molecule has 0 unspecified atom stereocenters. The zero-order chi connectivity index (χ0) is 23.1. The summed E-state index contributed by atoms with van der Waals surface area (Å²) < 4.78 is 0. The Morgan fingerprint density at radius 2 is 1.03 bits per heavy atom. The lowest BCUT2D eigenvalue weighted by Gasteiger charge is -2.25. The number of hydrogen-bond donors (Lipinski definition) is 8. The normalized spacial score (nSPS) is 12.4. The van der Waals surface area contributed by atoms with E-state index in [2.05, 4.69) is 21.3 Å². The molecule has 1 aliphatic rings. The number of carbonyl (C=O) groups is 2. The van der Waals surface area contributed by atoms with Crippen molar-refractivity contribution < 1.29 is 34.1 Å². The van der Waals surface area contributed by atoms with Crippen molar-refractivity contribution in [2.45, 2.75) is 0 Å². The summed E-state index contributed by atoms with van der Waals surface area (Å²) in [6.07, 6.45) is 0. The second kappa shape index (κ2) is 10.9. The van der Waals surface area contributed by atoms with Gasteiger partial charge in [-0.3, -0.25) is 9.59 Å². The summed E-state index contributed by atoms with van der Waals surface area (Å²) in [7, 11) is 0. The molecular formula is C22H50N6O4. The number of anilines is 2. The molecule has 0 aliphatic heterocycles. The van der Waals surface area contributed by atoms with E-state index in [4.69, 9.17) is 11.5 Å². The van der Waals surface area contributed by atoms with Crippen LogP contribution in [0.3, 0.4) is 0 Å². The molecule has 1 aliphatic carbocycles. The third kappa shape index (κ3) is 4.83. The molecule has 10 nitrogen and oxygen atoms in total. The molecule has 0 aromatic heterocycles. The number of nitrogens with one attached hydrogen (secondary N) is 4. The maximum absolute atomic E-state index is 13.4. The molecule has 0 saturated heterocycles. The fourth-order valence-electron chi connectivity index (χ4n) is 3.68. The number of carbonyl (C=O) groups excluding carboxylic acids is 2. The van der Waals surface area contributed by atoms with Crippen LogP contribution in [-0.2, 0) is 0 Å². The van der Waals surface area contributed by atoms with Gasteiger partial charge in [0.2, 0.25) is 11.6 Å². The number of phenols is 2. The van der Waals surface area contributed by atoms with Crippen molar-refractivity contribution in [3.63, 3.8) is 0 Å². The molecule has 2 aromatic rings. The molecule has 10 heteroatoms. The van der Waals surface area contributed by atoms with Gasteiger partial charge in [0.1, 0.15) is 11.5 Å². The second-order valence-corrected chi connectivity index (χ2v) is 7.35. The SMILES string of the molecule is NCCNCCNc1ccc(NCCNCCN)c2c1C(=O)c1c(O)ccc(O)c1C2=O.[HH].[HH].[HH].[HH].[HH].[HH].[HH].[HH].[HH].[HH]. The maximum atomic E-state index is 13.4. The van der Waals surface area contributed by atoms with Crippen LogP contribution in [0.4, 0.5) is 11.4 Å². The molecule has 10 N–H and O–H groups in total. The molecular weight excluding hydrogens is 412 g/mol. The lowest BCUT2D eigenvalue weighted by atomic mass is 9.81. The molecule has 192 valence electrons. The number of phenolic OH excluding ortho intramolecular Hbond substituents is 2. The summed E-state index contributed by atoms with van der Waals surface area (Å²) in [5.41, 5.74) is 11.9. The third-order valence-corrected chi connectivity index (χ3v) is 5.15. The van der Waals surface area contributed by atoms with Crippen LogP contribution in [0.5, 0.6) is 11.5 Å². The fraction of sp³-hybridized carbons (Fsp3) is 0.364. The molecule has 0 bridgehead atoms. The Bertz CT molecular complexity index is 950. The number of ketones is 2. The van der Waals surface area contributed by atoms with E-state index in [0.29, 0.717) is 63.7 Å². The Labute approximate surface area is 201 Å². The van der Waals surface area contributed by atoms with Gasteiger partial charge in [-0.1, -0.05) is 0 Å². The summed E-state index contributed by atoms with van der Waals surface area (Å²) in [5.74, 6) is -1.74. The van der Waals surface area contributed by atoms with Gasteiger partial charge in [-0.05, 0) is 24.3 Å². The smallest absolute Gasteiger partial charge is 0.200 e. The molecule has 0 atom stereocenters. The van der Waals surface area contributed by atoms with Crippen molar-refractivity contribution in [1.82, 2.24) is 10.6 Å². The molecule has 0 spiro atoms. The highest BCUT2D eigenvalue weighted by molar-refractivity contribution is 6.33. The van der Waals surface area contributed by atoms with Gasteiger partial charge in [-0.15, -0.1) is 0 Å². The average molecular weight is 463 g/mol. The number of benzene rings is 2. The first-order chi connectivity index (χ1) is 15.5. The van der Waals surface area contributed by atoms with Gasteiger partial charge in [0.05, 0.1) is 22.3 Å². The predicted molar refractivity (Wildman–Crippen MR) is 145 cm³/mol. The molecule has 0 heterocycles. The number of hydrogen-bond acceptors (Lipinski definition) is 10. The molecule has 32 heavy (non-hydrogen) atoms. The van der Waals surface area contributed by atoms with Crippen LogP contribution in [0.1, 0.15) is 46.1 Å². The van der Waals surface area contributed by atoms with Crippen LogP contribution in [-0.4, -0.2) is 74.1 Å². The van der Waals surface area contributed by atoms with Crippen LogP contribution in [0.15, 0.2) is 24.3 Å². The maximum Gasteiger partial charge on any atom is 0.200 e. The molecule has 2 aromatic carbocycles. The Morgan fingerprint density at radius 1 is 0.625 bits per heavy atom. The van der Waals surface area contributed by atoms with E-state index in [9.17, 15) is 19.8 Å². The first-order valence-corrected chi connectivity index (χ1v) is 10.6.